The third-order valence-electron chi connectivity index (χ3n) is 2.65. The molecule has 1 rings (SSSR count). The molecule has 10 heteroatoms. The quantitative estimate of drug-likeness (QED) is 0.473. The summed E-state index contributed by atoms with van der Waals surface area (Å²) in [7, 11) is 0. The van der Waals surface area contributed by atoms with Crippen LogP contribution in [0.15, 0.2) is 24.8 Å². The Morgan fingerprint density at radius 1 is 1.14 bits per heavy atom. The van der Waals surface area contributed by atoms with Gasteiger partial charge in [-0.05, 0) is 12.1 Å². The van der Waals surface area contributed by atoms with Crippen molar-refractivity contribution in [1.82, 2.24) is 0 Å². The minimum Gasteiger partial charge on any atom is -0.381 e. The summed E-state index contributed by atoms with van der Waals surface area (Å²) in [6.07, 6.45) is -3.38. The summed E-state index contributed by atoms with van der Waals surface area (Å²) in [6.45, 7) is 1.74. The van der Waals surface area contributed by atoms with E-state index >= 15 is 0 Å². The Morgan fingerprint density at radius 2 is 1.59 bits per heavy atom. The first kappa shape index (κ1) is 17.4. The molecule has 1 N–H and O–H groups in total. The van der Waals surface area contributed by atoms with Crippen molar-refractivity contribution >= 4 is 5.69 Å². The summed E-state index contributed by atoms with van der Waals surface area (Å²) < 4.78 is 38.5. The average molecular weight is 319 g/mol. The zero-order valence-electron chi connectivity index (χ0n) is 11.2. The lowest BCUT2D eigenvalue weighted by Crippen LogP contribution is -2.14. The van der Waals surface area contributed by atoms with Gasteiger partial charge in [-0.1, -0.05) is 6.08 Å². The smallest absolute Gasteiger partial charge is 0.381 e. The van der Waals surface area contributed by atoms with Crippen molar-refractivity contribution in [3.63, 3.8) is 0 Å². The van der Waals surface area contributed by atoms with Crippen LogP contribution in [0.1, 0.15) is 16.7 Å². The van der Waals surface area contributed by atoms with Crippen LogP contribution >= 0.6 is 0 Å². The first-order valence-electron chi connectivity index (χ1n) is 5.96. The molecule has 1 aromatic rings. The molecule has 0 saturated heterocycles. The van der Waals surface area contributed by atoms with Crippen molar-refractivity contribution < 1.29 is 23.0 Å². The summed E-state index contributed by atoms with van der Waals surface area (Å²) in [5.74, 6) is 0. The Balaban J connectivity index is 3.48. The van der Waals surface area contributed by atoms with Crippen LogP contribution in [0.2, 0.25) is 0 Å². The average Bonchev–Trinajstić information content (AvgIpc) is 2.35. The van der Waals surface area contributed by atoms with Crippen molar-refractivity contribution in [2.75, 3.05) is 11.9 Å². The molecule has 0 spiro atoms. The monoisotopic (exact) mass is 319 g/mol. The van der Waals surface area contributed by atoms with E-state index in [1.807, 2.05) is 0 Å². The van der Waals surface area contributed by atoms with Gasteiger partial charge in [0.25, 0.3) is 0 Å². The normalized spacial score (nSPS) is 11.0. The summed E-state index contributed by atoms with van der Waals surface area (Å²) in [4.78, 5) is 19.7. The van der Waals surface area contributed by atoms with Gasteiger partial charge in [0.15, 0.2) is 0 Å². The molecule has 0 heterocycles. The van der Waals surface area contributed by atoms with Crippen molar-refractivity contribution in [2.45, 2.75) is 19.3 Å². The summed E-state index contributed by atoms with van der Waals surface area (Å²) in [5, 5.41) is 23.9. The molecule has 0 radical (unpaired) electrons. The van der Waals surface area contributed by atoms with Gasteiger partial charge in [-0.2, -0.15) is 13.2 Å². The van der Waals surface area contributed by atoms with Crippen LogP contribution in [0, 0.1) is 20.2 Å². The highest BCUT2D eigenvalue weighted by Gasteiger charge is 2.33. The number of rotatable bonds is 7. The van der Waals surface area contributed by atoms with E-state index in [0.717, 1.165) is 0 Å². The number of benzene rings is 1. The minimum atomic E-state index is -4.76. The van der Waals surface area contributed by atoms with Gasteiger partial charge in [-0.25, -0.2) is 0 Å². The topological polar surface area (TPSA) is 98.3 Å². The van der Waals surface area contributed by atoms with Gasteiger partial charge in [0.2, 0.25) is 13.1 Å². The number of halogens is 3. The third-order valence-corrected chi connectivity index (χ3v) is 2.65. The van der Waals surface area contributed by atoms with Gasteiger partial charge in [0.1, 0.15) is 0 Å². The Morgan fingerprint density at radius 3 is 1.91 bits per heavy atom. The lowest BCUT2D eigenvalue weighted by atomic mass is 10.0. The molecule has 22 heavy (non-hydrogen) atoms. The number of anilines is 1. The fraction of sp³-hybridized carbons (Fsp3) is 0.333. The number of nitro groups is 2. The van der Waals surface area contributed by atoms with Crippen molar-refractivity contribution in [1.29, 1.82) is 0 Å². The van der Waals surface area contributed by atoms with E-state index in [-0.39, 0.29) is 23.4 Å². The molecule has 0 saturated carbocycles. The molecule has 0 atom stereocenters. The maximum atomic E-state index is 12.8. The third kappa shape index (κ3) is 4.72. The predicted molar refractivity (Wildman–Crippen MR) is 71.5 cm³/mol. The van der Waals surface area contributed by atoms with Crippen LogP contribution in [0.4, 0.5) is 18.9 Å². The lowest BCUT2D eigenvalue weighted by molar-refractivity contribution is -0.498. The van der Waals surface area contributed by atoms with E-state index in [1.54, 1.807) is 0 Å². The Hall–Kier alpha value is -2.65. The number of alkyl halides is 3. The van der Waals surface area contributed by atoms with Gasteiger partial charge in [-0.15, -0.1) is 6.58 Å². The van der Waals surface area contributed by atoms with E-state index in [4.69, 9.17) is 0 Å². The van der Waals surface area contributed by atoms with Crippen LogP contribution in [0.25, 0.3) is 0 Å². The molecule has 0 aromatic heterocycles. The van der Waals surface area contributed by atoms with E-state index in [9.17, 15) is 33.4 Å². The summed E-state index contributed by atoms with van der Waals surface area (Å²) >= 11 is 0. The number of hydrogen-bond acceptors (Lipinski definition) is 5. The van der Waals surface area contributed by atoms with Crippen LogP contribution in [0.5, 0.6) is 0 Å². The van der Waals surface area contributed by atoms with Crippen molar-refractivity contribution in [3.05, 3.63) is 61.7 Å². The van der Waals surface area contributed by atoms with E-state index in [0.29, 0.717) is 12.1 Å². The number of nitrogens with one attached hydrogen (secondary N) is 1. The van der Waals surface area contributed by atoms with Crippen LogP contribution in [0.3, 0.4) is 0 Å². The van der Waals surface area contributed by atoms with E-state index in [2.05, 4.69) is 11.9 Å². The zero-order chi connectivity index (χ0) is 16.9. The second-order valence-electron chi connectivity index (χ2n) is 4.32. The van der Waals surface area contributed by atoms with E-state index < -0.39 is 34.7 Å². The highest BCUT2D eigenvalue weighted by Crippen LogP contribution is 2.34. The predicted octanol–water partition coefficient (Wildman–Crippen LogP) is 2.86. The SMILES string of the molecule is C=CCNc1c(C[N+](=O)[O-])cc(C(F)(F)F)cc1C[N+](=O)[O-]. The fourth-order valence-corrected chi connectivity index (χ4v) is 1.86. The maximum Gasteiger partial charge on any atom is 0.416 e. The maximum absolute atomic E-state index is 12.8. The molecule has 0 aliphatic rings. The van der Waals surface area contributed by atoms with Crippen molar-refractivity contribution in [2.24, 2.45) is 0 Å². The van der Waals surface area contributed by atoms with Crippen LogP contribution < -0.4 is 5.32 Å². The number of nitrogens with zero attached hydrogens (tertiary/aromatic N) is 2. The Kier molecular flexibility index (Phi) is 5.44. The molecule has 0 unspecified atom stereocenters. The summed E-state index contributed by atoms with van der Waals surface area (Å²) in [6, 6.07) is 1.25. The molecule has 0 amide bonds. The molecule has 7 nitrogen and oxygen atoms in total. The number of hydrogen-bond donors (Lipinski definition) is 1. The van der Waals surface area contributed by atoms with Gasteiger partial charge in [0, 0.05) is 27.5 Å². The molecule has 0 bridgehead atoms. The van der Waals surface area contributed by atoms with Gasteiger partial charge < -0.3 is 5.32 Å². The molecule has 0 aliphatic heterocycles. The second-order valence-corrected chi connectivity index (χ2v) is 4.32. The minimum absolute atomic E-state index is 0.0405. The largest absolute Gasteiger partial charge is 0.416 e. The highest BCUT2D eigenvalue weighted by atomic mass is 19.4. The lowest BCUT2D eigenvalue weighted by Gasteiger charge is -2.16. The van der Waals surface area contributed by atoms with Crippen molar-refractivity contribution in [3.8, 4) is 0 Å². The van der Waals surface area contributed by atoms with Gasteiger partial charge in [0.05, 0.1) is 11.3 Å². The molecule has 0 fully saturated rings. The van der Waals surface area contributed by atoms with E-state index in [1.165, 1.54) is 6.08 Å². The molecule has 1 aromatic carbocycles. The van der Waals surface area contributed by atoms with Gasteiger partial charge in [-0.3, -0.25) is 20.2 Å². The Labute approximate surface area is 122 Å². The molecule has 120 valence electrons. The van der Waals surface area contributed by atoms with Gasteiger partial charge >= 0.3 is 6.18 Å². The van der Waals surface area contributed by atoms with Crippen LogP contribution in [-0.4, -0.2) is 16.4 Å². The standard InChI is InChI=1S/C12H12F3N3O4/c1-2-3-16-11-8(6-17(19)20)4-10(12(13,14)15)5-9(11)7-18(21)22/h2,4-5,16H,1,3,6-7H2. The van der Waals surface area contributed by atoms with Crippen LogP contribution in [-0.2, 0) is 19.3 Å². The fourth-order valence-electron chi connectivity index (χ4n) is 1.86. The highest BCUT2D eigenvalue weighted by molar-refractivity contribution is 5.59. The molecular formula is C12H12F3N3O4. The Bertz CT molecular complexity index is 565. The first-order valence-corrected chi connectivity index (χ1v) is 5.96. The zero-order valence-corrected chi connectivity index (χ0v) is 11.2. The second kappa shape index (κ2) is 6.87. The first-order chi connectivity index (χ1) is 10.1. The summed E-state index contributed by atoms with van der Waals surface area (Å²) in [5.41, 5.74) is -1.73. The molecule has 0 aliphatic carbocycles. The molecular weight excluding hydrogens is 307 g/mol.